The Labute approximate surface area is 146 Å². The number of unbranched alkanes of at least 4 members (excludes halogenated alkanes) is 8. The standard InChI is InChI=1S/C18H34O4S/c1-2-3-4-6-10-13-16(23)18-15(21-18)12-9-7-5-8-11-14-17(19)22-20/h15-16,18,20,23H,2-14H2,1H3. The average Bonchev–Trinajstić information content (AvgIpc) is 3.33. The summed E-state index contributed by atoms with van der Waals surface area (Å²) >= 11 is 4.70. The zero-order valence-electron chi connectivity index (χ0n) is 14.5. The van der Waals surface area contributed by atoms with Crippen LogP contribution >= 0.6 is 12.6 Å². The molecule has 1 N–H and O–H groups in total. The maximum atomic E-state index is 10.7. The van der Waals surface area contributed by atoms with Gasteiger partial charge in [0.15, 0.2) is 0 Å². The first kappa shape index (κ1) is 20.8. The molecule has 3 unspecified atom stereocenters. The van der Waals surface area contributed by atoms with E-state index in [-0.39, 0.29) is 0 Å². The van der Waals surface area contributed by atoms with E-state index in [0.29, 0.717) is 23.9 Å². The number of epoxide rings is 1. The van der Waals surface area contributed by atoms with Gasteiger partial charge in [0.25, 0.3) is 0 Å². The van der Waals surface area contributed by atoms with E-state index in [9.17, 15) is 4.79 Å². The molecule has 0 saturated carbocycles. The van der Waals surface area contributed by atoms with Gasteiger partial charge in [-0.25, -0.2) is 4.79 Å². The maximum absolute atomic E-state index is 10.7. The van der Waals surface area contributed by atoms with Gasteiger partial charge in [-0.15, -0.1) is 0 Å². The van der Waals surface area contributed by atoms with Crippen molar-refractivity contribution in [3.8, 4) is 0 Å². The smallest absolute Gasteiger partial charge is 0.342 e. The predicted octanol–water partition coefficient (Wildman–Crippen LogP) is 5.16. The first-order valence-electron chi connectivity index (χ1n) is 9.36. The number of carbonyl (C=O) groups is 1. The van der Waals surface area contributed by atoms with Crippen molar-refractivity contribution >= 4 is 18.6 Å². The van der Waals surface area contributed by atoms with Crippen molar-refractivity contribution in [3.05, 3.63) is 0 Å². The van der Waals surface area contributed by atoms with Gasteiger partial charge in [0.1, 0.15) is 0 Å². The molecule has 0 spiro atoms. The molecule has 4 nitrogen and oxygen atoms in total. The van der Waals surface area contributed by atoms with Crippen LogP contribution in [0.15, 0.2) is 0 Å². The number of hydrogen-bond donors (Lipinski definition) is 2. The van der Waals surface area contributed by atoms with Crippen LogP contribution in [-0.4, -0.2) is 28.7 Å². The number of thiol groups is 1. The Hall–Kier alpha value is -0.260. The summed E-state index contributed by atoms with van der Waals surface area (Å²) in [5, 5.41) is 8.54. The van der Waals surface area contributed by atoms with Crippen LogP contribution in [0.5, 0.6) is 0 Å². The van der Waals surface area contributed by atoms with Crippen LogP contribution in [0, 0.1) is 0 Å². The molecule has 1 saturated heterocycles. The van der Waals surface area contributed by atoms with Crippen molar-refractivity contribution in [1.29, 1.82) is 0 Å². The van der Waals surface area contributed by atoms with Gasteiger partial charge in [0, 0.05) is 11.7 Å². The van der Waals surface area contributed by atoms with Crippen molar-refractivity contribution < 1.29 is 19.7 Å². The fourth-order valence-electron chi connectivity index (χ4n) is 3.04. The lowest BCUT2D eigenvalue weighted by atomic mass is 10.0. The van der Waals surface area contributed by atoms with Crippen molar-refractivity contribution in [1.82, 2.24) is 0 Å². The lowest BCUT2D eigenvalue weighted by molar-refractivity contribution is -0.234. The molecular weight excluding hydrogens is 312 g/mol. The molecule has 0 bridgehead atoms. The molecule has 0 aromatic heterocycles. The van der Waals surface area contributed by atoms with Crippen molar-refractivity contribution in [2.75, 3.05) is 0 Å². The van der Waals surface area contributed by atoms with Gasteiger partial charge >= 0.3 is 5.97 Å². The molecule has 1 fully saturated rings. The minimum atomic E-state index is -0.534. The van der Waals surface area contributed by atoms with Crippen LogP contribution in [0.25, 0.3) is 0 Å². The molecule has 1 heterocycles. The van der Waals surface area contributed by atoms with Crippen molar-refractivity contribution in [2.45, 2.75) is 108 Å². The summed E-state index contributed by atoms with van der Waals surface area (Å²) in [5.74, 6) is -0.534. The van der Waals surface area contributed by atoms with Gasteiger partial charge in [-0.2, -0.15) is 17.9 Å². The highest BCUT2D eigenvalue weighted by molar-refractivity contribution is 7.81. The zero-order valence-corrected chi connectivity index (χ0v) is 15.4. The molecule has 0 aromatic carbocycles. The zero-order chi connectivity index (χ0) is 16.9. The number of hydrogen-bond acceptors (Lipinski definition) is 5. The van der Waals surface area contributed by atoms with Crippen LogP contribution in [0.4, 0.5) is 0 Å². The van der Waals surface area contributed by atoms with E-state index in [1.54, 1.807) is 0 Å². The largest absolute Gasteiger partial charge is 0.368 e. The molecule has 5 heteroatoms. The fraction of sp³-hybridized carbons (Fsp3) is 0.944. The van der Waals surface area contributed by atoms with Gasteiger partial charge in [0.2, 0.25) is 0 Å². The summed E-state index contributed by atoms with van der Waals surface area (Å²) in [7, 11) is 0. The summed E-state index contributed by atoms with van der Waals surface area (Å²) in [6.45, 7) is 2.24. The van der Waals surface area contributed by atoms with Crippen molar-refractivity contribution in [3.63, 3.8) is 0 Å². The Kier molecular flexibility index (Phi) is 11.8. The number of rotatable bonds is 15. The van der Waals surface area contributed by atoms with Crippen molar-refractivity contribution in [2.24, 2.45) is 0 Å². The van der Waals surface area contributed by atoms with E-state index in [1.807, 2.05) is 0 Å². The third-order valence-electron chi connectivity index (χ3n) is 4.58. The molecule has 0 aliphatic carbocycles. The van der Waals surface area contributed by atoms with Crippen LogP contribution in [0.3, 0.4) is 0 Å². The van der Waals surface area contributed by atoms with Gasteiger partial charge in [-0.3, -0.25) is 0 Å². The molecule has 1 aliphatic heterocycles. The van der Waals surface area contributed by atoms with Gasteiger partial charge in [-0.1, -0.05) is 64.7 Å². The Balaban J connectivity index is 1.87. The topological polar surface area (TPSA) is 59.1 Å². The summed E-state index contributed by atoms with van der Waals surface area (Å²) in [5.41, 5.74) is 0. The van der Waals surface area contributed by atoms with Gasteiger partial charge < -0.3 is 9.62 Å². The maximum Gasteiger partial charge on any atom is 0.342 e. The quantitative estimate of drug-likeness (QED) is 0.141. The van der Waals surface area contributed by atoms with E-state index >= 15 is 0 Å². The molecule has 0 amide bonds. The minimum Gasteiger partial charge on any atom is -0.368 e. The third-order valence-corrected chi connectivity index (χ3v) is 5.13. The first-order valence-corrected chi connectivity index (χ1v) is 9.88. The predicted molar refractivity (Wildman–Crippen MR) is 95.9 cm³/mol. The fourth-order valence-corrected chi connectivity index (χ4v) is 3.48. The van der Waals surface area contributed by atoms with E-state index in [4.69, 9.17) is 22.6 Å². The molecule has 1 rings (SSSR count). The Morgan fingerprint density at radius 3 is 2.48 bits per heavy atom. The monoisotopic (exact) mass is 346 g/mol. The second-order valence-electron chi connectivity index (χ2n) is 6.68. The minimum absolute atomic E-state index is 0.309. The molecule has 0 radical (unpaired) electrons. The summed E-state index contributed by atoms with van der Waals surface area (Å²) in [6, 6.07) is 0. The summed E-state index contributed by atoms with van der Waals surface area (Å²) < 4.78 is 5.77. The normalized spacial score (nSPS) is 21.2. The molecule has 23 heavy (non-hydrogen) atoms. The highest BCUT2D eigenvalue weighted by atomic mass is 32.1. The van der Waals surface area contributed by atoms with Gasteiger partial charge in [-0.05, 0) is 19.3 Å². The lowest BCUT2D eigenvalue weighted by Crippen LogP contribution is -2.10. The summed E-state index contributed by atoms with van der Waals surface area (Å²) in [6.07, 6.45) is 15.3. The number of carbonyl (C=O) groups excluding carboxylic acids is 1. The Bertz CT molecular complexity index is 311. The summed E-state index contributed by atoms with van der Waals surface area (Å²) in [4.78, 5) is 14.4. The van der Waals surface area contributed by atoms with Crippen LogP contribution in [-0.2, 0) is 14.4 Å². The second-order valence-corrected chi connectivity index (χ2v) is 7.34. The highest BCUT2D eigenvalue weighted by Crippen LogP contribution is 2.34. The third kappa shape index (κ3) is 10.3. The van der Waals surface area contributed by atoms with Crippen LogP contribution in [0.2, 0.25) is 0 Å². The first-order chi connectivity index (χ1) is 11.2. The molecule has 136 valence electrons. The van der Waals surface area contributed by atoms with E-state index in [2.05, 4.69) is 11.8 Å². The van der Waals surface area contributed by atoms with E-state index < -0.39 is 5.97 Å². The Morgan fingerprint density at radius 2 is 1.74 bits per heavy atom. The SMILES string of the molecule is CCCCCCCC(S)C1OC1CCCCCCCC(=O)OO. The molecule has 0 aromatic rings. The molecular formula is C18H34O4S. The molecule has 1 aliphatic rings. The molecule has 3 atom stereocenters. The lowest BCUT2D eigenvalue weighted by Gasteiger charge is -2.07. The Morgan fingerprint density at radius 1 is 1.09 bits per heavy atom. The van der Waals surface area contributed by atoms with Crippen LogP contribution < -0.4 is 0 Å². The van der Waals surface area contributed by atoms with Crippen LogP contribution in [0.1, 0.15) is 90.4 Å². The second kappa shape index (κ2) is 13.1. The van der Waals surface area contributed by atoms with Gasteiger partial charge in [0.05, 0.1) is 12.2 Å². The average molecular weight is 347 g/mol. The highest BCUT2D eigenvalue weighted by Gasteiger charge is 2.42. The number of ether oxygens (including phenoxy) is 1. The van der Waals surface area contributed by atoms with E-state index in [0.717, 1.165) is 25.7 Å². The van der Waals surface area contributed by atoms with E-state index in [1.165, 1.54) is 51.4 Å².